The van der Waals surface area contributed by atoms with E-state index in [4.69, 9.17) is 4.21 Å². The van der Waals surface area contributed by atoms with Crippen LogP contribution in [0.4, 0.5) is 0 Å². The minimum atomic E-state index is -5.03. The standard InChI is InChI=1S/C25H25.C12H19.2C7H7.CH2.2ClH.Zr/c1-14-12-24(3,4)22-8-16-7-17-9-23-19(15(2)13-25(23,5)6)11-21(17)20(16)10-18(14)22;1-5-6-10-7-8-11(9-10)12(2,3)4;2*1-7-5-3-2-4-6-7;;;;/h8-12H,7H2,1-6H3;8-10H,5-6H2,1-4H3;2*3-6H,1H3;1H2;2*1H;. The van der Waals surface area contributed by atoms with Gasteiger partial charge in [-0.15, -0.1) is 24.8 Å². The number of halogens is 2. The van der Waals surface area contributed by atoms with Crippen molar-refractivity contribution in [3.8, 4) is 11.1 Å². The third-order valence-electron chi connectivity index (χ3n) is 14.1. The normalized spacial score (nSPS) is 19.1. The average molecular weight is 849 g/mol. The summed E-state index contributed by atoms with van der Waals surface area (Å²) in [5.74, 6) is 0.360. The van der Waals surface area contributed by atoms with E-state index in [9.17, 15) is 0 Å². The third-order valence-corrected chi connectivity index (χ3v) is 31.5. The molecule has 0 saturated carbocycles. The summed E-state index contributed by atoms with van der Waals surface area (Å²) in [6.07, 6.45) is 11.1. The zero-order valence-electron chi connectivity index (χ0n) is 35.4. The van der Waals surface area contributed by atoms with Gasteiger partial charge in [0.15, 0.2) is 0 Å². The number of benzene rings is 4. The van der Waals surface area contributed by atoms with Crippen LogP contribution >= 0.6 is 24.8 Å². The number of hydrogen-bond donors (Lipinski definition) is 0. The predicted molar refractivity (Wildman–Crippen MR) is 244 cm³/mol. The van der Waals surface area contributed by atoms with Crippen LogP contribution in [-0.2, 0) is 35.5 Å². The summed E-state index contributed by atoms with van der Waals surface area (Å²) in [4.78, 5) is 0. The molecule has 1 unspecified atom stereocenters. The van der Waals surface area contributed by atoms with E-state index in [-0.39, 0.29) is 41.1 Å². The summed E-state index contributed by atoms with van der Waals surface area (Å²) >= 11 is -5.03. The predicted octanol–water partition coefficient (Wildman–Crippen LogP) is 13.5. The average Bonchev–Trinajstić information content (AvgIpc) is 3.79. The molecule has 0 amide bonds. The first-order valence-corrected chi connectivity index (χ1v) is 26.8. The number of fused-ring (bicyclic) bond motifs is 5. The molecule has 288 valence electrons. The summed E-state index contributed by atoms with van der Waals surface area (Å²) in [6, 6.07) is 29.6. The van der Waals surface area contributed by atoms with Gasteiger partial charge >= 0.3 is 324 Å². The molecule has 0 heterocycles. The van der Waals surface area contributed by atoms with Crippen molar-refractivity contribution in [3.05, 3.63) is 148 Å². The molecule has 0 aliphatic heterocycles. The molecule has 55 heavy (non-hydrogen) atoms. The van der Waals surface area contributed by atoms with E-state index >= 15 is 0 Å². The number of hydrogen-bond acceptors (Lipinski definition) is 0. The molecule has 0 saturated heterocycles. The van der Waals surface area contributed by atoms with Gasteiger partial charge < -0.3 is 0 Å². The zero-order chi connectivity index (χ0) is 38.1. The molecule has 3 heteroatoms. The van der Waals surface area contributed by atoms with Gasteiger partial charge in [-0.2, -0.15) is 0 Å². The van der Waals surface area contributed by atoms with Crippen molar-refractivity contribution in [1.82, 2.24) is 0 Å². The van der Waals surface area contributed by atoms with Crippen LogP contribution in [0, 0.1) is 25.2 Å². The summed E-state index contributed by atoms with van der Waals surface area (Å²) in [6.45, 7) is 28.5. The van der Waals surface area contributed by atoms with Crippen molar-refractivity contribution >= 4 is 46.7 Å². The van der Waals surface area contributed by atoms with E-state index < -0.39 is 18.3 Å². The van der Waals surface area contributed by atoms with Crippen molar-refractivity contribution in [2.24, 2.45) is 11.3 Å². The second-order valence-electron chi connectivity index (χ2n) is 19.5. The van der Waals surface area contributed by atoms with Gasteiger partial charge in [-0.1, -0.05) is 0 Å². The van der Waals surface area contributed by atoms with Crippen LogP contribution in [0.15, 0.2) is 103 Å². The Kier molecular flexibility index (Phi) is 10.4. The molecular weight excluding hydrogens is 787 g/mol. The molecule has 0 spiro atoms. The van der Waals surface area contributed by atoms with Crippen LogP contribution in [-0.4, -0.2) is 4.21 Å². The fourth-order valence-electron chi connectivity index (χ4n) is 11.5. The Morgan fingerprint density at radius 3 is 1.73 bits per heavy atom. The van der Waals surface area contributed by atoms with E-state index in [0.717, 1.165) is 19.3 Å². The van der Waals surface area contributed by atoms with Gasteiger partial charge in [0.2, 0.25) is 0 Å². The summed E-state index contributed by atoms with van der Waals surface area (Å²) < 4.78 is 12.1. The molecule has 1 atom stereocenters. The summed E-state index contributed by atoms with van der Waals surface area (Å²) in [5.41, 5.74) is 18.5. The minimum absolute atomic E-state index is 0. The number of aryl methyl sites for hydroxylation is 2. The molecular formula is C52H62Cl2Zr. The Bertz CT molecular complexity index is 2380. The van der Waals surface area contributed by atoms with E-state index in [0.29, 0.717) is 5.92 Å². The summed E-state index contributed by atoms with van der Waals surface area (Å²) in [5, 5.41) is 0. The molecule has 0 aromatic heterocycles. The topological polar surface area (TPSA) is 0 Å². The third kappa shape index (κ3) is 5.87. The molecule has 4 aliphatic carbocycles. The van der Waals surface area contributed by atoms with Crippen LogP contribution in [0.1, 0.15) is 127 Å². The van der Waals surface area contributed by atoms with Crippen molar-refractivity contribution in [2.45, 2.75) is 113 Å². The molecule has 0 nitrogen and oxygen atoms in total. The number of rotatable bonds is 6. The van der Waals surface area contributed by atoms with E-state index in [1.165, 1.54) is 78.9 Å². The van der Waals surface area contributed by atoms with Crippen LogP contribution in [0.5, 0.6) is 0 Å². The van der Waals surface area contributed by atoms with Crippen LogP contribution in [0.2, 0.25) is 0 Å². The Hall–Kier alpha value is -2.83. The first kappa shape index (κ1) is 41.8. The van der Waals surface area contributed by atoms with Gasteiger partial charge in [-0.05, 0) is 0 Å². The van der Waals surface area contributed by atoms with Crippen LogP contribution in [0.25, 0.3) is 22.3 Å². The SMILES string of the molecule is Cl.Cl.[CH2]=[Zr]([C]1=CC(C(C)(C)C)=CC1CCC)([C]1=C(C)c2cc3c(cc2C1(C)C)Cc1cc2c(cc1-3)C(C)=CC2(C)C)([c]1ccc(C)cc1)[c]1ccc(C)cc1. The zero-order valence-corrected chi connectivity index (χ0v) is 39.5. The fraction of sp³-hybridized carbons (Fsp3) is 0.365. The first-order chi connectivity index (χ1) is 24.8. The molecule has 0 bridgehead atoms. The molecule has 0 N–H and O–H groups in total. The maximum absolute atomic E-state index is 5.96. The molecule has 0 fully saturated rings. The van der Waals surface area contributed by atoms with Gasteiger partial charge in [-0.25, -0.2) is 0 Å². The van der Waals surface area contributed by atoms with E-state index in [1.807, 2.05) is 0 Å². The number of allylic oxidation sites excluding steroid dienone is 8. The Morgan fingerprint density at radius 1 is 0.709 bits per heavy atom. The van der Waals surface area contributed by atoms with Crippen molar-refractivity contribution in [1.29, 1.82) is 0 Å². The molecule has 0 radical (unpaired) electrons. The van der Waals surface area contributed by atoms with Crippen molar-refractivity contribution < 1.29 is 18.3 Å². The Balaban J connectivity index is 0.00000257. The molecule has 4 aromatic carbocycles. The summed E-state index contributed by atoms with van der Waals surface area (Å²) in [7, 11) is 0. The molecule has 4 aromatic rings. The Morgan fingerprint density at radius 2 is 1.22 bits per heavy atom. The maximum atomic E-state index is 5.96. The van der Waals surface area contributed by atoms with E-state index in [2.05, 4.69) is 174 Å². The van der Waals surface area contributed by atoms with Crippen molar-refractivity contribution in [2.75, 3.05) is 0 Å². The molecule has 8 rings (SSSR count). The van der Waals surface area contributed by atoms with Gasteiger partial charge in [0.1, 0.15) is 0 Å². The van der Waals surface area contributed by atoms with Crippen LogP contribution < -0.4 is 6.54 Å². The van der Waals surface area contributed by atoms with Gasteiger partial charge in [0, 0.05) is 0 Å². The van der Waals surface area contributed by atoms with Crippen LogP contribution in [0.3, 0.4) is 0 Å². The first-order valence-electron chi connectivity index (χ1n) is 20.2. The molecule has 4 aliphatic rings. The van der Waals surface area contributed by atoms with Gasteiger partial charge in [0.05, 0.1) is 0 Å². The monoisotopic (exact) mass is 846 g/mol. The van der Waals surface area contributed by atoms with E-state index in [1.54, 1.807) is 6.56 Å². The van der Waals surface area contributed by atoms with Gasteiger partial charge in [-0.3, -0.25) is 0 Å². The quantitative estimate of drug-likeness (QED) is 0.160. The second kappa shape index (κ2) is 13.6. The van der Waals surface area contributed by atoms with Crippen molar-refractivity contribution in [3.63, 3.8) is 0 Å². The Labute approximate surface area is 345 Å². The second-order valence-corrected chi connectivity index (χ2v) is 32.2. The van der Waals surface area contributed by atoms with Gasteiger partial charge in [0.25, 0.3) is 0 Å². The fourth-order valence-corrected chi connectivity index (χ4v) is 30.3.